The molecule has 120 valence electrons. The first-order chi connectivity index (χ1) is 11.6. The van der Waals surface area contributed by atoms with Crippen LogP contribution in [0.2, 0.25) is 0 Å². The Bertz CT molecular complexity index is 990. The van der Waals surface area contributed by atoms with E-state index in [1.165, 1.54) is 0 Å². The summed E-state index contributed by atoms with van der Waals surface area (Å²) in [7, 11) is 0. The highest BCUT2D eigenvalue weighted by atomic mass is 79.9. The molecule has 2 heterocycles. The largest absolute Gasteiger partial charge is 0.478 e. The number of thiophene rings is 1. The van der Waals surface area contributed by atoms with Crippen LogP contribution in [0.25, 0.3) is 22.6 Å². The van der Waals surface area contributed by atoms with Gasteiger partial charge in [-0.05, 0) is 64.5 Å². The molecular formula is C19H14BrNO2S. The number of carbonyl (C=O) groups is 1. The minimum atomic E-state index is -0.870. The van der Waals surface area contributed by atoms with E-state index in [1.54, 1.807) is 11.3 Å². The number of rotatable bonds is 2. The SMILES string of the molecule is O=C(O)c1c2c(nc3ccccc13)/C(=C\c1cc(Br)cs1)CCC2. The number of aromatic nitrogens is 1. The van der Waals surface area contributed by atoms with E-state index in [0.29, 0.717) is 5.56 Å². The van der Waals surface area contributed by atoms with Crippen LogP contribution in [0.1, 0.15) is 39.3 Å². The third kappa shape index (κ3) is 2.68. The van der Waals surface area contributed by atoms with Crippen molar-refractivity contribution >= 4 is 55.8 Å². The second-order valence-corrected chi connectivity index (χ2v) is 7.69. The number of nitrogens with zero attached hydrogens (tertiary/aromatic N) is 1. The summed E-state index contributed by atoms with van der Waals surface area (Å²) in [5, 5.41) is 12.5. The Morgan fingerprint density at radius 3 is 2.88 bits per heavy atom. The van der Waals surface area contributed by atoms with E-state index in [0.717, 1.165) is 56.3 Å². The minimum Gasteiger partial charge on any atom is -0.478 e. The lowest BCUT2D eigenvalue weighted by atomic mass is 9.86. The highest BCUT2D eigenvalue weighted by Crippen LogP contribution is 2.37. The number of benzene rings is 1. The van der Waals surface area contributed by atoms with Crippen LogP contribution < -0.4 is 0 Å². The van der Waals surface area contributed by atoms with Crippen LogP contribution in [0.4, 0.5) is 0 Å². The zero-order valence-electron chi connectivity index (χ0n) is 12.8. The molecule has 0 spiro atoms. The van der Waals surface area contributed by atoms with Crippen molar-refractivity contribution in [3.05, 3.63) is 61.9 Å². The third-order valence-electron chi connectivity index (χ3n) is 4.29. The van der Waals surface area contributed by atoms with Crippen LogP contribution >= 0.6 is 27.3 Å². The average molecular weight is 400 g/mol. The first kappa shape index (κ1) is 15.5. The van der Waals surface area contributed by atoms with Gasteiger partial charge in [-0.25, -0.2) is 9.78 Å². The number of carboxylic acids is 1. The first-order valence-electron chi connectivity index (χ1n) is 7.73. The fraction of sp³-hybridized carbons (Fsp3) is 0.158. The molecule has 2 aromatic heterocycles. The van der Waals surface area contributed by atoms with E-state index in [-0.39, 0.29) is 0 Å². The number of fused-ring (bicyclic) bond motifs is 2. The van der Waals surface area contributed by atoms with Crippen LogP contribution in [0.3, 0.4) is 0 Å². The quantitative estimate of drug-likeness (QED) is 0.606. The fourth-order valence-electron chi connectivity index (χ4n) is 3.29. The monoisotopic (exact) mass is 399 g/mol. The van der Waals surface area contributed by atoms with Gasteiger partial charge in [0.25, 0.3) is 0 Å². The molecule has 24 heavy (non-hydrogen) atoms. The standard InChI is InChI=1S/C19H14BrNO2S/c20-12-9-13(24-10-12)8-11-4-3-6-15-17(19(22)23)14-5-1-2-7-16(14)21-18(11)15/h1-2,5,7-10H,3-4,6H2,(H,22,23)/b11-8-. The van der Waals surface area contributed by atoms with Gasteiger partial charge in [-0.15, -0.1) is 11.3 Å². The second kappa shape index (κ2) is 6.15. The van der Waals surface area contributed by atoms with Crippen molar-refractivity contribution in [1.82, 2.24) is 4.98 Å². The van der Waals surface area contributed by atoms with Crippen LogP contribution in [-0.2, 0) is 6.42 Å². The molecule has 3 aromatic rings. The third-order valence-corrected chi connectivity index (χ3v) is 5.93. The zero-order chi connectivity index (χ0) is 16.7. The van der Waals surface area contributed by atoms with Crippen LogP contribution in [0.5, 0.6) is 0 Å². The van der Waals surface area contributed by atoms with Crippen molar-refractivity contribution in [3.63, 3.8) is 0 Å². The molecule has 1 N–H and O–H groups in total. The molecule has 3 nitrogen and oxygen atoms in total. The zero-order valence-corrected chi connectivity index (χ0v) is 15.2. The van der Waals surface area contributed by atoms with E-state index in [9.17, 15) is 9.90 Å². The lowest BCUT2D eigenvalue weighted by Gasteiger charge is -2.21. The molecule has 0 radical (unpaired) electrons. The second-order valence-electron chi connectivity index (χ2n) is 5.83. The molecule has 1 aliphatic rings. The summed E-state index contributed by atoms with van der Waals surface area (Å²) in [5.74, 6) is -0.870. The fourth-order valence-corrected chi connectivity index (χ4v) is 4.70. The molecule has 5 heteroatoms. The van der Waals surface area contributed by atoms with E-state index in [1.807, 2.05) is 29.6 Å². The van der Waals surface area contributed by atoms with E-state index >= 15 is 0 Å². The van der Waals surface area contributed by atoms with Crippen LogP contribution in [0.15, 0.2) is 40.2 Å². The van der Waals surface area contributed by atoms with Crippen LogP contribution in [-0.4, -0.2) is 16.1 Å². The minimum absolute atomic E-state index is 0.411. The van der Waals surface area contributed by atoms with Gasteiger partial charge in [0.1, 0.15) is 0 Å². The molecular weight excluding hydrogens is 386 g/mol. The normalized spacial score (nSPS) is 15.6. The number of hydrogen-bond acceptors (Lipinski definition) is 3. The van der Waals surface area contributed by atoms with Crippen LogP contribution in [0, 0.1) is 0 Å². The number of allylic oxidation sites excluding steroid dienone is 1. The highest BCUT2D eigenvalue weighted by molar-refractivity contribution is 9.10. The lowest BCUT2D eigenvalue weighted by Crippen LogP contribution is -2.12. The molecule has 4 rings (SSSR count). The van der Waals surface area contributed by atoms with Crippen molar-refractivity contribution in [2.45, 2.75) is 19.3 Å². The molecule has 1 aliphatic carbocycles. The Morgan fingerprint density at radius 2 is 2.12 bits per heavy atom. The lowest BCUT2D eigenvalue weighted by molar-refractivity contribution is 0.0697. The number of halogens is 1. The van der Waals surface area contributed by atoms with Gasteiger partial charge in [0.2, 0.25) is 0 Å². The summed E-state index contributed by atoms with van der Waals surface area (Å²) in [6.07, 6.45) is 4.78. The predicted molar refractivity (Wildman–Crippen MR) is 102 cm³/mol. The molecule has 0 unspecified atom stereocenters. The summed E-state index contributed by atoms with van der Waals surface area (Å²) in [4.78, 5) is 17.9. The maximum atomic E-state index is 11.9. The van der Waals surface area contributed by atoms with Gasteiger partial charge >= 0.3 is 5.97 Å². The number of para-hydroxylation sites is 1. The Labute approximate surface area is 151 Å². The van der Waals surface area contributed by atoms with Gasteiger partial charge in [-0.3, -0.25) is 0 Å². The van der Waals surface area contributed by atoms with Gasteiger partial charge in [0, 0.05) is 20.1 Å². The number of hydrogen-bond donors (Lipinski definition) is 1. The van der Waals surface area contributed by atoms with Crippen molar-refractivity contribution in [3.8, 4) is 0 Å². The van der Waals surface area contributed by atoms with Gasteiger partial charge in [-0.2, -0.15) is 0 Å². The van der Waals surface area contributed by atoms with Crippen molar-refractivity contribution in [2.24, 2.45) is 0 Å². The van der Waals surface area contributed by atoms with Crippen molar-refractivity contribution in [1.29, 1.82) is 0 Å². The van der Waals surface area contributed by atoms with Gasteiger partial charge in [0.05, 0.1) is 16.8 Å². The first-order valence-corrected chi connectivity index (χ1v) is 9.40. The molecule has 1 aromatic carbocycles. The van der Waals surface area contributed by atoms with E-state index < -0.39 is 5.97 Å². The maximum Gasteiger partial charge on any atom is 0.336 e. The van der Waals surface area contributed by atoms with Gasteiger partial charge in [0.15, 0.2) is 0 Å². The highest BCUT2D eigenvalue weighted by Gasteiger charge is 2.24. The van der Waals surface area contributed by atoms with Gasteiger partial charge in [-0.1, -0.05) is 18.2 Å². The molecule has 0 bridgehead atoms. The summed E-state index contributed by atoms with van der Waals surface area (Å²) >= 11 is 5.14. The van der Waals surface area contributed by atoms with E-state index in [2.05, 4.69) is 28.1 Å². The Balaban J connectivity index is 1.98. The van der Waals surface area contributed by atoms with E-state index in [4.69, 9.17) is 4.98 Å². The number of pyridine rings is 1. The summed E-state index contributed by atoms with van der Waals surface area (Å²) in [6, 6.07) is 9.57. The van der Waals surface area contributed by atoms with Crippen molar-refractivity contribution in [2.75, 3.05) is 0 Å². The Morgan fingerprint density at radius 1 is 1.29 bits per heavy atom. The molecule has 0 atom stereocenters. The van der Waals surface area contributed by atoms with Gasteiger partial charge < -0.3 is 5.11 Å². The Hall–Kier alpha value is -1.98. The van der Waals surface area contributed by atoms with Crippen molar-refractivity contribution < 1.29 is 9.90 Å². The number of carboxylic acid groups (broad SMARTS) is 1. The molecule has 0 fully saturated rings. The summed E-state index contributed by atoms with van der Waals surface area (Å²) < 4.78 is 1.06. The molecule has 0 saturated carbocycles. The maximum absolute atomic E-state index is 11.9. The Kier molecular flexibility index (Phi) is 3.98. The number of aromatic carboxylic acids is 1. The average Bonchev–Trinajstić information content (AvgIpc) is 2.98. The smallest absolute Gasteiger partial charge is 0.336 e. The molecule has 0 amide bonds. The topological polar surface area (TPSA) is 50.2 Å². The summed E-state index contributed by atoms with van der Waals surface area (Å²) in [6.45, 7) is 0. The molecule has 0 aliphatic heterocycles. The molecule has 0 saturated heterocycles. The summed E-state index contributed by atoms with van der Waals surface area (Å²) in [5.41, 5.74) is 4.00. The predicted octanol–water partition coefficient (Wildman–Crippen LogP) is 5.63.